The Kier molecular flexibility index (Phi) is 5.36. The molecule has 0 saturated heterocycles. The molecule has 3 heteroatoms. The van der Waals surface area contributed by atoms with Gasteiger partial charge in [0.25, 0.3) is 0 Å². The van der Waals surface area contributed by atoms with Gasteiger partial charge in [0.05, 0.1) is 13.2 Å². The van der Waals surface area contributed by atoms with Gasteiger partial charge >= 0.3 is 0 Å². The Labute approximate surface area is 118 Å². The first-order valence-electron chi connectivity index (χ1n) is 6.73. The number of alkyl halides is 1. The van der Waals surface area contributed by atoms with Crippen molar-refractivity contribution in [1.82, 2.24) is 0 Å². The van der Waals surface area contributed by atoms with Crippen LogP contribution in [-0.4, -0.2) is 13.2 Å². The van der Waals surface area contributed by atoms with Gasteiger partial charge in [0.2, 0.25) is 0 Å². The number of rotatable bonds is 4. The van der Waals surface area contributed by atoms with E-state index >= 15 is 0 Å². The van der Waals surface area contributed by atoms with Gasteiger partial charge in [-0.1, -0.05) is 34.8 Å². The molecule has 0 heterocycles. The lowest BCUT2D eigenvalue weighted by atomic mass is 10.1. The van der Waals surface area contributed by atoms with E-state index in [0.717, 1.165) is 16.8 Å². The van der Waals surface area contributed by atoms with E-state index in [9.17, 15) is 0 Å². The van der Waals surface area contributed by atoms with Crippen molar-refractivity contribution in [3.8, 4) is 11.5 Å². The highest BCUT2D eigenvalue weighted by Gasteiger charge is 2.15. The molecule has 0 unspecified atom stereocenters. The second-order valence-electron chi connectivity index (χ2n) is 4.84. The Morgan fingerprint density at radius 2 is 1.89 bits per heavy atom. The van der Waals surface area contributed by atoms with Gasteiger partial charge in [-0.25, -0.2) is 0 Å². The van der Waals surface area contributed by atoms with Crippen LogP contribution in [0.4, 0.5) is 0 Å². The smallest absolute Gasteiger partial charge is 0.127 e. The van der Waals surface area contributed by atoms with Crippen LogP contribution >= 0.6 is 15.9 Å². The molecule has 0 bridgehead atoms. The highest BCUT2D eigenvalue weighted by atomic mass is 79.9. The summed E-state index contributed by atoms with van der Waals surface area (Å²) in [6.45, 7) is 0. The van der Waals surface area contributed by atoms with Crippen LogP contribution in [0.1, 0.15) is 44.1 Å². The summed E-state index contributed by atoms with van der Waals surface area (Å²) in [7, 11) is 1.69. The van der Waals surface area contributed by atoms with E-state index in [1.54, 1.807) is 7.11 Å². The lowest BCUT2D eigenvalue weighted by Crippen LogP contribution is -2.15. The molecule has 0 radical (unpaired) electrons. The standard InChI is InChI=1S/C15H21BrO2/c1-17-14-9-8-12(11-16)15(10-14)18-13-6-4-2-3-5-7-13/h8-10,13H,2-7,11H2,1H3. The quantitative estimate of drug-likeness (QED) is 0.593. The fourth-order valence-corrected chi connectivity index (χ4v) is 2.88. The average molecular weight is 313 g/mol. The fourth-order valence-electron chi connectivity index (χ4n) is 2.42. The Bertz CT molecular complexity index is 371. The highest BCUT2D eigenvalue weighted by molar-refractivity contribution is 9.08. The van der Waals surface area contributed by atoms with Crippen molar-refractivity contribution in [1.29, 1.82) is 0 Å². The molecular formula is C15H21BrO2. The first-order valence-corrected chi connectivity index (χ1v) is 7.85. The number of ether oxygens (including phenoxy) is 2. The summed E-state index contributed by atoms with van der Waals surface area (Å²) in [4.78, 5) is 0. The van der Waals surface area contributed by atoms with E-state index in [-0.39, 0.29) is 0 Å². The first kappa shape index (κ1) is 13.7. The molecule has 1 fully saturated rings. The molecule has 18 heavy (non-hydrogen) atoms. The van der Waals surface area contributed by atoms with Crippen molar-refractivity contribution in [2.45, 2.75) is 50.0 Å². The Morgan fingerprint density at radius 1 is 1.17 bits per heavy atom. The molecule has 1 aromatic rings. The van der Waals surface area contributed by atoms with Gasteiger partial charge in [0.15, 0.2) is 0 Å². The summed E-state index contributed by atoms with van der Waals surface area (Å²) >= 11 is 3.51. The van der Waals surface area contributed by atoms with Crippen LogP contribution in [0.3, 0.4) is 0 Å². The minimum atomic E-state index is 0.373. The third-order valence-corrected chi connectivity index (χ3v) is 4.12. The summed E-state index contributed by atoms with van der Waals surface area (Å²) in [6.07, 6.45) is 8.01. The molecule has 100 valence electrons. The summed E-state index contributed by atoms with van der Waals surface area (Å²) in [5.41, 5.74) is 1.19. The number of halogens is 1. The van der Waals surface area contributed by atoms with Crippen molar-refractivity contribution >= 4 is 15.9 Å². The van der Waals surface area contributed by atoms with Crippen LogP contribution in [-0.2, 0) is 5.33 Å². The van der Waals surface area contributed by atoms with E-state index in [2.05, 4.69) is 22.0 Å². The molecular weight excluding hydrogens is 292 g/mol. The van der Waals surface area contributed by atoms with Crippen molar-refractivity contribution in [3.05, 3.63) is 23.8 Å². The zero-order valence-corrected chi connectivity index (χ0v) is 12.5. The van der Waals surface area contributed by atoms with Crippen LogP contribution in [0.25, 0.3) is 0 Å². The molecule has 0 aliphatic heterocycles. The first-order chi connectivity index (χ1) is 8.83. The molecule has 0 N–H and O–H groups in total. The van der Waals surface area contributed by atoms with Gasteiger partial charge < -0.3 is 9.47 Å². The lowest BCUT2D eigenvalue weighted by Gasteiger charge is -2.19. The SMILES string of the molecule is COc1ccc(CBr)c(OC2CCCCCC2)c1. The predicted octanol–water partition coefficient (Wildman–Crippen LogP) is 4.69. The normalized spacial score (nSPS) is 17.2. The van der Waals surface area contributed by atoms with Crippen LogP contribution in [0.2, 0.25) is 0 Å². The van der Waals surface area contributed by atoms with Crippen molar-refractivity contribution in [3.63, 3.8) is 0 Å². The molecule has 0 amide bonds. The van der Waals surface area contributed by atoms with Crippen molar-refractivity contribution in [2.75, 3.05) is 7.11 Å². The zero-order valence-electron chi connectivity index (χ0n) is 11.0. The van der Waals surface area contributed by atoms with Crippen LogP contribution in [0.5, 0.6) is 11.5 Å². The van der Waals surface area contributed by atoms with E-state index in [1.807, 2.05) is 12.1 Å². The zero-order chi connectivity index (χ0) is 12.8. The van der Waals surface area contributed by atoms with E-state index < -0.39 is 0 Å². The molecule has 0 aromatic heterocycles. The average Bonchev–Trinajstić information content (AvgIpc) is 2.67. The van der Waals surface area contributed by atoms with Crippen LogP contribution in [0, 0.1) is 0 Å². The third kappa shape index (κ3) is 3.64. The summed E-state index contributed by atoms with van der Waals surface area (Å²) in [5.74, 6) is 1.83. The molecule has 1 saturated carbocycles. The summed E-state index contributed by atoms with van der Waals surface area (Å²) in [6, 6.07) is 6.05. The third-order valence-electron chi connectivity index (χ3n) is 3.51. The van der Waals surface area contributed by atoms with E-state index in [0.29, 0.717) is 6.10 Å². The molecule has 2 rings (SSSR count). The van der Waals surface area contributed by atoms with E-state index in [1.165, 1.54) is 44.1 Å². The minimum absolute atomic E-state index is 0.373. The Morgan fingerprint density at radius 3 is 2.50 bits per heavy atom. The number of methoxy groups -OCH3 is 1. The summed E-state index contributed by atoms with van der Waals surface area (Å²) in [5, 5.41) is 0.818. The Hall–Kier alpha value is -0.700. The number of hydrogen-bond acceptors (Lipinski definition) is 2. The largest absolute Gasteiger partial charge is 0.497 e. The van der Waals surface area contributed by atoms with E-state index in [4.69, 9.17) is 9.47 Å². The minimum Gasteiger partial charge on any atom is -0.497 e. The molecule has 1 aliphatic rings. The van der Waals surface area contributed by atoms with Gasteiger partial charge in [-0.2, -0.15) is 0 Å². The highest BCUT2D eigenvalue weighted by Crippen LogP contribution is 2.30. The summed E-state index contributed by atoms with van der Waals surface area (Å²) < 4.78 is 11.5. The monoisotopic (exact) mass is 312 g/mol. The van der Waals surface area contributed by atoms with Gasteiger partial charge in [0, 0.05) is 17.0 Å². The molecule has 2 nitrogen and oxygen atoms in total. The molecule has 1 aromatic carbocycles. The van der Waals surface area contributed by atoms with Crippen molar-refractivity contribution in [2.24, 2.45) is 0 Å². The van der Waals surface area contributed by atoms with Gasteiger partial charge in [-0.05, 0) is 31.7 Å². The van der Waals surface area contributed by atoms with Crippen LogP contribution < -0.4 is 9.47 Å². The fraction of sp³-hybridized carbons (Fsp3) is 0.600. The maximum Gasteiger partial charge on any atom is 0.127 e. The maximum absolute atomic E-state index is 6.19. The Balaban J connectivity index is 2.10. The maximum atomic E-state index is 6.19. The number of hydrogen-bond donors (Lipinski definition) is 0. The van der Waals surface area contributed by atoms with Gasteiger partial charge in [-0.15, -0.1) is 0 Å². The van der Waals surface area contributed by atoms with Gasteiger partial charge in [-0.3, -0.25) is 0 Å². The molecule has 0 spiro atoms. The molecule has 0 atom stereocenters. The molecule has 1 aliphatic carbocycles. The number of benzene rings is 1. The van der Waals surface area contributed by atoms with Crippen molar-refractivity contribution < 1.29 is 9.47 Å². The van der Waals surface area contributed by atoms with Gasteiger partial charge in [0.1, 0.15) is 11.5 Å². The predicted molar refractivity (Wildman–Crippen MR) is 77.7 cm³/mol. The second-order valence-corrected chi connectivity index (χ2v) is 5.40. The van der Waals surface area contributed by atoms with Crippen LogP contribution in [0.15, 0.2) is 18.2 Å². The topological polar surface area (TPSA) is 18.5 Å². The lowest BCUT2D eigenvalue weighted by molar-refractivity contribution is 0.182. The second kappa shape index (κ2) is 7.03.